The van der Waals surface area contributed by atoms with Gasteiger partial charge in [0, 0.05) is 50.2 Å². The third-order valence-electron chi connectivity index (χ3n) is 16.4. The van der Waals surface area contributed by atoms with E-state index >= 15 is 0 Å². The van der Waals surface area contributed by atoms with Crippen LogP contribution in [0, 0.1) is 29.1 Å². The second-order valence-corrected chi connectivity index (χ2v) is 17.7. The summed E-state index contributed by atoms with van der Waals surface area (Å²) in [5, 5.41) is 14.9. The summed E-state index contributed by atoms with van der Waals surface area (Å²) < 4.78 is 2.69. The molecule has 8 aliphatic rings. The zero-order valence-electron chi connectivity index (χ0n) is 26.5. The molecule has 5 fully saturated rings. The summed E-state index contributed by atoms with van der Waals surface area (Å²) in [6.45, 7) is 0. The second kappa shape index (κ2) is 7.07. The lowest BCUT2D eigenvalue weighted by molar-refractivity contribution is -0.147. The molecule has 47 heavy (non-hydrogen) atoms. The number of rotatable bonds is 0. The molecule has 16 rings (SSSR count). The van der Waals surface area contributed by atoms with Crippen LogP contribution in [-0.2, 0) is 0 Å². The Morgan fingerprint density at radius 2 is 1.21 bits per heavy atom. The molecule has 4 heterocycles. The average molecular weight is 606 g/mol. The monoisotopic (exact) mass is 605 g/mol. The number of fused-ring (bicyclic) bond motifs is 16. The van der Waals surface area contributed by atoms with Gasteiger partial charge in [-0.3, -0.25) is 9.97 Å². The van der Waals surface area contributed by atoms with E-state index in [9.17, 15) is 0 Å². The van der Waals surface area contributed by atoms with Crippen LogP contribution in [0.4, 0.5) is 0 Å². The highest BCUT2D eigenvalue weighted by Gasteiger charge is 2.72. The highest BCUT2D eigenvalue weighted by molar-refractivity contribution is 6.47. The molecule has 3 nitrogen and oxygen atoms in total. The molecule has 5 saturated carbocycles. The van der Waals surface area contributed by atoms with Gasteiger partial charge in [0.2, 0.25) is 0 Å². The molecule has 8 aromatic rings. The van der Waals surface area contributed by atoms with Gasteiger partial charge in [0.15, 0.2) is 0 Å². The van der Waals surface area contributed by atoms with Crippen LogP contribution in [0.2, 0.25) is 0 Å². The molecule has 8 aliphatic carbocycles. The Balaban J connectivity index is 1.22. The van der Waals surface area contributed by atoms with Crippen molar-refractivity contribution in [2.24, 2.45) is 29.1 Å². The smallest absolute Gasteiger partial charge is 0.0728 e. The molecule has 0 radical (unpaired) electrons. The fourth-order valence-electron chi connectivity index (χ4n) is 15.1. The van der Waals surface area contributed by atoms with Crippen molar-refractivity contribution in [1.29, 1.82) is 0 Å². The predicted octanol–water partition coefficient (Wildman–Crippen LogP) is 10.9. The molecule has 1 spiro atoms. The van der Waals surface area contributed by atoms with Crippen LogP contribution in [0.1, 0.15) is 104 Å². The van der Waals surface area contributed by atoms with E-state index in [2.05, 4.69) is 59.3 Å². The van der Waals surface area contributed by atoms with E-state index < -0.39 is 0 Å². The van der Waals surface area contributed by atoms with Crippen molar-refractivity contribution < 1.29 is 0 Å². The minimum Gasteiger partial charge on any atom is -0.305 e. The summed E-state index contributed by atoms with van der Waals surface area (Å²) in [6, 6.07) is 16.5. The van der Waals surface area contributed by atoms with E-state index in [0.717, 1.165) is 23.7 Å². The van der Waals surface area contributed by atoms with E-state index in [1.807, 2.05) is 0 Å². The fraction of sp³-hybridized carbons (Fsp3) is 0.409. The first-order valence-corrected chi connectivity index (χ1v) is 18.8. The van der Waals surface area contributed by atoms with Crippen molar-refractivity contribution in [2.45, 2.75) is 81.5 Å². The number of aromatic nitrogens is 3. The molecule has 0 amide bonds. The molecular formula is C44H35N3. The summed E-state index contributed by atoms with van der Waals surface area (Å²) in [5.41, 5.74) is 11.0. The molecule has 3 heteroatoms. The lowest BCUT2D eigenvalue weighted by Gasteiger charge is -2.67. The molecule has 226 valence electrons. The number of hydrogen-bond acceptors (Lipinski definition) is 2. The first-order valence-electron chi connectivity index (χ1n) is 18.8. The number of benzene rings is 3. The normalized spacial score (nSPS) is 35.8. The maximum atomic E-state index is 5.53. The summed E-state index contributed by atoms with van der Waals surface area (Å²) in [6.07, 6.45) is 17.2. The molecule has 0 N–H and O–H groups in total. The molecule has 0 aliphatic heterocycles. The van der Waals surface area contributed by atoms with E-state index in [4.69, 9.17) is 9.97 Å². The standard InChI is InChI=1S/C44H35N3/c1-2-5-28-26(4-1)27-6-3-7-29-35(27)36(28)40-39-32(18-46-42-30-15-25-14-24-13-23(34(39)42)16-44(24,25)30)47-31-17-45-41-22-11-19-8-20(12-22)10-21(9-19)33(41)38(31)37(29)43(40)47/h1-7,17-25,30H,8-16H2/t19-,20?,21?,22?,23?,24?,25?,30?,44?/m1/s1. The quantitative estimate of drug-likeness (QED) is 0.172. The van der Waals surface area contributed by atoms with Gasteiger partial charge in [-0.1, -0.05) is 42.5 Å². The molecule has 8 unspecified atom stereocenters. The van der Waals surface area contributed by atoms with Gasteiger partial charge in [-0.2, -0.15) is 0 Å². The molecule has 4 aromatic carbocycles. The summed E-state index contributed by atoms with van der Waals surface area (Å²) in [4.78, 5) is 11.0. The van der Waals surface area contributed by atoms with E-state index in [-0.39, 0.29) is 0 Å². The topological polar surface area (TPSA) is 30.2 Å². The highest BCUT2D eigenvalue weighted by Crippen LogP contribution is 2.82. The second-order valence-electron chi connectivity index (χ2n) is 17.7. The first kappa shape index (κ1) is 23.4. The lowest BCUT2D eigenvalue weighted by atomic mass is 9.37. The van der Waals surface area contributed by atoms with Crippen molar-refractivity contribution in [3.05, 3.63) is 77.4 Å². The molecule has 4 aromatic heterocycles. The third kappa shape index (κ3) is 2.22. The minimum absolute atomic E-state index is 0.606. The maximum absolute atomic E-state index is 5.53. The van der Waals surface area contributed by atoms with E-state index in [1.54, 1.807) is 21.9 Å². The van der Waals surface area contributed by atoms with Crippen molar-refractivity contribution in [2.75, 3.05) is 0 Å². The number of hydrogen-bond donors (Lipinski definition) is 0. The van der Waals surface area contributed by atoms with Crippen molar-refractivity contribution in [1.82, 2.24) is 14.4 Å². The van der Waals surface area contributed by atoms with Gasteiger partial charge in [0.05, 0.1) is 28.9 Å². The molecular weight excluding hydrogens is 571 g/mol. The van der Waals surface area contributed by atoms with Gasteiger partial charge >= 0.3 is 0 Å². The number of pyridine rings is 2. The van der Waals surface area contributed by atoms with Crippen LogP contribution < -0.4 is 0 Å². The Hall–Kier alpha value is -3.98. The molecule has 6 bridgehead atoms. The van der Waals surface area contributed by atoms with Gasteiger partial charge in [0.1, 0.15) is 0 Å². The minimum atomic E-state index is 0.606. The predicted molar refractivity (Wildman–Crippen MR) is 189 cm³/mol. The van der Waals surface area contributed by atoms with E-state index in [0.29, 0.717) is 29.1 Å². The van der Waals surface area contributed by atoms with Crippen molar-refractivity contribution in [3.63, 3.8) is 0 Å². The zero-order valence-corrected chi connectivity index (χ0v) is 26.5. The third-order valence-corrected chi connectivity index (χ3v) is 16.4. The first-order chi connectivity index (χ1) is 23.3. The fourth-order valence-corrected chi connectivity index (χ4v) is 15.1. The van der Waals surface area contributed by atoms with Crippen LogP contribution in [0.15, 0.2) is 54.9 Å². The van der Waals surface area contributed by atoms with Gasteiger partial charge in [0.25, 0.3) is 0 Å². The summed E-state index contributed by atoms with van der Waals surface area (Å²) in [7, 11) is 0. The lowest BCUT2D eigenvalue weighted by Crippen LogP contribution is -2.59. The Morgan fingerprint density at radius 1 is 0.532 bits per heavy atom. The van der Waals surface area contributed by atoms with Crippen LogP contribution in [-0.4, -0.2) is 14.4 Å². The van der Waals surface area contributed by atoms with Crippen molar-refractivity contribution >= 4 is 70.4 Å². The number of nitrogens with zero attached hydrogens (tertiary/aromatic N) is 3. The maximum Gasteiger partial charge on any atom is 0.0728 e. The largest absolute Gasteiger partial charge is 0.305 e. The van der Waals surface area contributed by atoms with Gasteiger partial charge < -0.3 is 4.40 Å². The summed E-state index contributed by atoms with van der Waals surface area (Å²) in [5.74, 6) is 6.34. The van der Waals surface area contributed by atoms with Crippen LogP contribution in [0.25, 0.3) is 70.4 Å². The van der Waals surface area contributed by atoms with Gasteiger partial charge in [-0.15, -0.1) is 0 Å². The zero-order chi connectivity index (χ0) is 29.7. The Morgan fingerprint density at radius 3 is 2.06 bits per heavy atom. The van der Waals surface area contributed by atoms with Crippen LogP contribution in [0.3, 0.4) is 0 Å². The van der Waals surface area contributed by atoms with Crippen LogP contribution >= 0.6 is 0 Å². The van der Waals surface area contributed by atoms with Gasteiger partial charge in [-0.25, -0.2) is 0 Å². The Bertz CT molecular complexity index is 2790. The average Bonchev–Trinajstić information content (AvgIpc) is 3.79. The Kier molecular flexibility index (Phi) is 3.51. The van der Waals surface area contributed by atoms with Crippen molar-refractivity contribution in [3.8, 4) is 0 Å². The highest BCUT2D eigenvalue weighted by atomic mass is 15.0. The Labute approximate surface area is 272 Å². The van der Waals surface area contributed by atoms with E-state index in [1.165, 1.54) is 129 Å². The molecule has 9 atom stereocenters. The SMILES string of the molecule is c1ccc2c(c1)c1cccc3c1c2c1c2c4c(ncc2n2c5cnc6c(c5c3c12)C1CC2CC6C[C@H](C2)C1)C1CC2CC3CC4CC321. The van der Waals surface area contributed by atoms with Gasteiger partial charge in [-0.05, 0) is 137 Å². The summed E-state index contributed by atoms with van der Waals surface area (Å²) >= 11 is 0. The molecule has 0 saturated heterocycles. The van der Waals surface area contributed by atoms with Crippen LogP contribution in [0.5, 0.6) is 0 Å².